The second-order valence-electron chi connectivity index (χ2n) is 7.22. The summed E-state index contributed by atoms with van der Waals surface area (Å²) in [6.07, 6.45) is 3.78. The van der Waals surface area contributed by atoms with Crippen molar-refractivity contribution in [1.82, 2.24) is 4.57 Å². The summed E-state index contributed by atoms with van der Waals surface area (Å²) in [5, 5.41) is 3.75. The van der Waals surface area contributed by atoms with Crippen molar-refractivity contribution in [3.63, 3.8) is 0 Å². The number of ketones is 1. The van der Waals surface area contributed by atoms with Crippen LogP contribution in [0.2, 0.25) is 0 Å². The third-order valence-electron chi connectivity index (χ3n) is 5.12. The fourth-order valence-electron chi connectivity index (χ4n) is 3.69. The van der Waals surface area contributed by atoms with Crippen molar-refractivity contribution >= 4 is 46.1 Å². The average Bonchev–Trinajstić information content (AvgIpc) is 3.28. The Morgan fingerprint density at radius 2 is 1.74 bits per heavy atom. The maximum atomic E-state index is 13.1. The zero-order valence-electron chi connectivity index (χ0n) is 16.3. The van der Waals surface area contributed by atoms with Gasteiger partial charge in [-0.1, -0.05) is 42.1 Å². The first-order valence-electron chi connectivity index (χ1n) is 9.75. The number of anilines is 1. The molecule has 1 N–H and O–H groups in total. The Morgan fingerprint density at radius 3 is 2.55 bits per heavy atom. The minimum absolute atomic E-state index is 0.0199. The van der Waals surface area contributed by atoms with Gasteiger partial charge in [0, 0.05) is 38.8 Å². The highest BCUT2D eigenvalue weighted by Gasteiger charge is 2.25. The van der Waals surface area contributed by atoms with E-state index >= 15 is 0 Å². The van der Waals surface area contributed by atoms with Crippen molar-refractivity contribution in [2.75, 3.05) is 5.32 Å². The highest BCUT2D eigenvalue weighted by atomic mass is 32.2. The molecule has 1 aliphatic heterocycles. The van der Waals surface area contributed by atoms with Gasteiger partial charge in [-0.2, -0.15) is 0 Å². The minimum atomic E-state index is -0.353. The van der Waals surface area contributed by atoms with Crippen molar-refractivity contribution in [3.05, 3.63) is 101 Å². The third kappa shape index (κ3) is 3.78. The maximum absolute atomic E-state index is 13.1. The number of allylic oxidation sites excluding steroid dienone is 1. The first-order chi connectivity index (χ1) is 15.1. The number of benzene rings is 3. The number of nitrogens with one attached hydrogen (secondary N) is 1. The molecule has 0 atom stereocenters. The molecule has 0 spiro atoms. The number of carbonyl (C=O) groups is 2. The molecule has 5 rings (SSSR count). The number of nitrogens with zero attached hydrogens (tertiary/aromatic N) is 1. The number of hydrogen-bond acceptors (Lipinski definition) is 3. The molecule has 4 aromatic rings. The summed E-state index contributed by atoms with van der Waals surface area (Å²) in [7, 11) is 0. The molecular formula is C25H17FN2O2S. The number of para-hydroxylation sites is 1. The molecule has 3 aromatic carbocycles. The monoisotopic (exact) mass is 428 g/mol. The first kappa shape index (κ1) is 19.3. The molecule has 4 nitrogen and oxygen atoms in total. The lowest BCUT2D eigenvalue weighted by Gasteiger charge is -2.07. The molecule has 1 aliphatic rings. The summed E-state index contributed by atoms with van der Waals surface area (Å²) in [6.45, 7) is 0.0996. The third-order valence-corrected chi connectivity index (χ3v) is 6.22. The van der Waals surface area contributed by atoms with E-state index < -0.39 is 0 Å². The molecule has 0 saturated heterocycles. The summed E-state index contributed by atoms with van der Waals surface area (Å²) in [5.74, 6) is -0.551. The molecular weight excluding hydrogens is 411 g/mol. The van der Waals surface area contributed by atoms with Gasteiger partial charge in [0.05, 0.1) is 4.91 Å². The largest absolute Gasteiger partial charge is 0.337 e. The lowest BCUT2D eigenvalue weighted by molar-refractivity contribution is -0.116. The zero-order chi connectivity index (χ0) is 21.4. The fraction of sp³-hybridized carbons (Fsp3) is 0.0400. The Balaban J connectivity index is 1.44. The molecule has 0 fully saturated rings. The lowest BCUT2D eigenvalue weighted by Crippen LogP contribution is -2.18. The van der Waals surface area contributed by atoms with Crippen LogP contribution < -0.4 is 5.32 Å². The molecule has 0 saturated carbocycles. The average molecular weight is 428 g/mol. The van der Waals surface area contributed by atoms with Gasteiger partial charge in [0.25, 0.3) is 0 Å². The van der Waals surface area contributed by atoms with Crippen molar-refractivity contribution in [2.24, 2.45) is 0 Å². The van der Waals surface area contributed by atoms with E-state index in [1.165, 1.54) is 36.0 Å². The van der Waals surface area contributed by atoms with Gasteiger partial charge in [0.1, 0.15) is 12.4 Å². The first-order valence-corrected chi connectivity index (χ1v) is 10.6. The summed E-state index contributed by atoms with van der Waals surface area (Å²) in [6, 6.07) is 21.0. The number of hydrogen-bond donors (Lipinski definition) is 1. The minimum Gasteiger partial charge on any atom is -0.337 e. The van der Waals surface area contributed by atoms with Crippen LogP contribution in [0, 0.1) is 5.82 Å². The molecule has 0 bridgehead atoms. The molecule has 1 amide bonds. The number of halogens is 1. The standard InChI is InChI=1S/C25H17FN2O2S/c26-17-9-11-18(12-10-17)27-24(29)15-28-14-16(19-5-1-3-7-21(19)28)13-23-25(30)20-6-2-4-8-22(20)31-23/h1-14H,15H2,(H,27,29)/b23-13-. The lowest BCUT2D eigenvalue weighted by atomic mass is 10.1. The van der Waals surface area contributed by atoms with Gasteiger partial charge in [-0.3, -0.25) is 9.59 Å². The number of aromatic nitrogens is 1. The second kappa shape index (κ2) is 7.89. The van der Waals surface area contributed by atoms with Gasteiger partial charge in [-0.25, -0.2) is 4.39 Å². The highest BCUT2D eigenvalue weighted by molar-refractivity contribution is 8.04. The number of Topliss-reactive ketones (excluding diaryl/α,β-unsaturated/α-hetero) is 1. The summed E-state index contributed by atoms with van der Waals surface area (Å²) in [4.78, 5) is 27.0. The van der Waals surface area contributed by atoms with Crippen molar-refractivity contribution in [3.8, 4) is 0 Å². The Kier molecular flexibility index (Phi) is 4.92. The van der Waals surface area contributed by atoms with Gasteiger partial charge >= 0.3 is 0 Å². The van der Waals surface area contributed by atoms with Crippen molar-refractivity contribution < 1.29 is 14.0 Å². The predicted octanol–water partition coefficient (Wildman–Crippen LogP) is 5.75. The topological polar surface area (TPSA) is 51.1 Å². The number of carbonyl (C=O) groups excluding carboxylic acids is 2. The number of thioether (sulfide) groups is 1. The Morgan fingerprint density at radius 1 is 1.00 bits per heavy atom. The fourth-order valence-corrected chi connectivity index (χ4v) is 4.73. The highest BCUT2D eigenvalue weighted by Crippen LogP contribution is 2.41. The Labute approximate surface area is 182 Å². The number of amides is 1. The number of rotatable bonds is 4. The van der Waals surface area contributed by atoms with E-state index in [1.54, 1.807) is 0 Å². The second-order valence-corrected chi connectivity index (χ2v) is 8.30. The normalized spacial score (nSPS) is 14.2. The maximum Gasteiger partial charge on any atom is 0.244 e. The molecule has 0 unspecified atom stereocenters. The SMILES string of the molecule is O=C(Cn1cc(/C=C2\Sc3ccccc3C2=O)c2ccccc21)Nc1ccc(F)cc1. The number of fused-ring (bicyclic) bond motifs is 2. The van der Waals surface area contributed by atoms with Crippen LogP contribution in [0.25, 0.3) is 17.0 Å². The zero-order valence-corrected chi connectivity index (χ0v) is 17.2. The Bertz CT molecular complexity index is 1360. The van der Waals surface area contributed by atoms with Gasteiger partial charge in [0.2, 0.25) is 11.7 Å². The van der Waals surface area contributed by atoms with Crippen LogP contribution in [0.4, 0.5) is 10.1 Å². The van der Waals surface area contributed by atoms with Crippen LogP contribution in [0.5, 0.6) is 0 Å². The predicted molar refractivity (Wildman–Crippen MR) is 122 cm³/mol. The van der Waals surface area contributed by atoms with Gasteiger partial charge < -0.3 is 9.88 Å². The van der Waals surface area contributed by atoms with Crippen LogP contribution in [0.3, 0.4) is 0 Å². The van der Waals surface area contributed by atoms with Gasteiger partial charge in [-0.05, 0) is 48.5 Å². The van der Waals surface area contributed by atoms with E-state index in [1.807, 2.05) is 65.4 Å². The molecule has 152 valence electrons. The molecule has 31 heavy (non-hydrogen) atoms. The molecule has 6 heteroatoms. The van der Waals surface area contributed by atoms with Gasteiger partial charge in [-0.15, -0.1) is 0 Å². The van der Waals surface area contributed by atoms with Crippen LogP contribution in [-0.4, -0.2) is 16.3 Å². The van der Waals surface area contributed by atoms with E-state index in [0.717, 1.165) is 26.9 Å². The van der Waals surface area contributed by atoms with Gasteiger partial charge in [0.15, 0.2) is 0 Å². The summed E-state index contributed by atoms with van der Waals surface area (Å²) < 4.78 is 14.9. The Hall–Kier alpha value is -3.64. The molecule has 0 radical (unpaired) electrons. The summed E-state index contributed by atoms with van der Waals surface area (Å²) in [5.41, 5.74) is 3.04. The molecule has 0 aliphatic carbocycles. The summed E-state index contributed by atoms with van der Waals surface area (Å²) >= 11 is 1.47. The van der Waals surface area contributed by atoms with E-state index in [4.69, 9.17) is 0 Å². The van der Waals surface area contributed by atoms with E-state index in [-0.39, 0.29) is 24.1 Å². The van der Waals surface area contributed by atoms with Crippen LogP contribution in [-0.2, 0) is 11.3 Å². The van der Waals surface area contributed by atoms with Crippen molar-refractivity contribution in [2.45, 2.75) is 11.4 Å². The molecule has 1 aromatic heterocycles. The van der Waals surface area contributed by atoms with E-state index in [9.17, 15) is 14.0 Å². The van der Waals surface area contributed by atoms with E-state index in [2.05, 4.69) is 5.32 Å². The van der Waals surface area contributed by atoms with Crippen LogP contribution >= 0.6 is 11.8 Å². The van der Waals surface area contributed by atoms with Crippen molar-refractivity contribution in [1.29, 1.82) is 0 Å². The quantitative estimate of drug-likeness (QED) is 0.421. The van der Waals surface area contributed by atoms with Crippen LogP contribution in [0.1, 0.15) is 15.9 Å². The van der Waals surface area contributed by atoms with E-state index in [0.29, 0.717) is 10.6 Å². The smallest absolute Gasteiger partial charge is 0.244 e. The molecule has 2 heterocycles. The van der Waals surface area contributed by atoms with Crippen LogP contribution in [0.15, 0.2) is 88.8 Å².